The summed E-state index contributed by atoms with van der Waals surface area (Å²) in [7, 11) is 0. The molecule has 2 aliphatic rings. The van der Waals surface area contributed by atoms with Crippen LogP contribution in [0, 0.1) is 11.3 Å². The van der Waals surface area contributed by atoms with Crippen LogP contribution in [0.4, 0.5) is 0 Å². The average Bonchev–Trinajstić information content (AvgIpc) is 2.72. The Morgan fingerprint density at radius 3 is 2.36 bits per heavy atom. The van der Waals surface area contributed by atoms with Crippen LogP contribution in [0.2, 0.25) is 0 Å². The van der Waals surface area contributed by atoms with Crippen molar-refractivity contribution in [3.63, 3.8) is 0 Å². The van der Waals surface area contributed by atoms with Gasteiger partial charge in [-0.1, -0.05) is 25.7 Å². The summed E-state index contributed by atoms with van der Waals surface area (Å²) in [5.41, 5.74) is 0.425. The van der Waals surface area contributed by atoms with Crippen molar-refractivity contribution in [2.75, 3.05) is 19.1 Å². The van der Waals surface area contributed by atoms with Crippen molar-refractivity contribution < 1.29 is 4.74 Å². The van der Waals surface area contributed by atoms with E-state index in [-0.39, 0.29) is 0 Å². The Morgan fingerprint density at radius 2 is 1.79 bits per heavy atom. The maximum atomic E-state index is 6.16. The molecule has 2 heteroatoms. The second-order valence-corrected chi connectivity index (χ2v) is 5.37. The molecule has 1 saturated heterocycles. The first-order chi connectivity index (χ1) is 6.85. The van der Waals surface area contributed by atoms with E-state index in [0.29, 0.717) is 5.41 Å². The summed E-state index contributed by atoms with van der Waals surface area (Å²) in [5, 5.41) is 0. The summed E-state index contributed by atoms with van der Waals surface area (Å²) in [6.45, 7) is 1.86. The zero-order valence-electron chi connectivity index (χ0n) is 8.93. The van der Waals surface area contributed by atoms with Crippen molar-refractivity contribution >= 4 is 11.6 Å². The predicted molar refractivity (Wildman–Crippen MR) is 59.8 cm³/mol. The van der Waals surface area contributed by atoms with E-state index in [1.54, 1.807) is 0 Å². The van der Waals surface area contributed by atoms with Gasteiger partial charge in [-0.3, -0.25) is 0 Å². The van der Waals surface area contributed by atoms with Gasteiger partial charge in [-0.25, -0.2) is 0 Å². The molecule has 1 heterocycles. The molecule has 1 aliphatic heterocycles. The Morgan fingerprint density at radius 1 is 1.14 bits per heavy atom. The molecular formula is C12H21ClO. The van der Waals surface area contributed by atoms with Gasteiger partial charge in [-0.2, -0.15) is 0 Å². The summed E-state index contributed by atoms with van der Waals surface area (Å²) < 4.78 is 5.43. The maximum Gasteiger partial charge on any atom is 0.0471 e. The van der Waals surface area contributed by atoms with Crippen LogP contribution < -0.4 is 0 Å². The lowest BCUT2D eigenvalue weighted by Gasteiger charge is -2.37. The van der Waals surface area contributed by atoms with Crippen molar-refractivity contribution in [3.05, 3.63) is 0 Å². The molecule has 0 radical (unpaired) electrons. The van der Waals surface area contributed by atoms with E-state index in [1.807, 2.05) is 0 Å². The van der Waals surface area contributed by atoms with Crippen molar-refractivity contribution in [2.45, 2.75) is 44.9 Å². The first-order valence-corrected chi connectivity index (χ1v) is 6.52. The monoisotopic (exact) mass is 216 g/mol. The third kappa shape index (κ3) is 2.43. The molecule has 2 rings (SSSR count). The average molecular weight is 217 g/mol. The van der Waals surface area contributed by atoms with E-state index < -0.39 is 0 Å². The molecule has 0 spiro atoms. The Hall–Kier alpha value is 0.250. The summed E-state index contributed by atoms with van der Waals surface area (Å²) >= 11 is 6.16. The zero-order valence-corrected chi connectivity index (χ0v) is 9.69. The molecule has 0 amide bonds. The van der Waals surface area contributed by atoms with Crippen LogP contribution in [0.25, 0.3) is 0 Å². The van der Waals surface area contributed by atoms with Gasteiger partial charge < -0.3 is 4.74 Å². The van der Waals surface area contributed by atoms with Gasteiger partial charge in [0.15, 0.2) is 0 Å². The number of ether oxygens (including phenoxy) is 1. The van der Waals surface area contributed by atoms with E-state index >= 15 is 0 Å². The second-order valence-electron chi connectivity index (χ2n) is 5.10. The smallest absolute Gasteiger partial charge is 0.0471 e. The fraction of sp³-hybridized carbons (Fsp3) is 1.00. The maximum absolute atomic E-state index is 6.16. The first kappa shape index (κ1) is 10.8. The molecular weight excluding hydrogens is 196 g/mol. The van der Waals surface area contributed by atoms with Gasteiger partial charge in [0, 0.05) is 19.1 Å². The van der Waals surface area contributed by atoms with Crippen molar-refractivity contribution in [1.29, 1.82) is 0 Å². The molecule has 0 unspecified atom stereocenters. The number of alkyl halides is 1. The minimum atomic E-state index is 0.425. The van der Waals surface area contributed by atoms with Crippen LogP contribution in [0.1, 0.15) is 44.9 Å². The highest BCUT2D eigenvalue weighted by molar-refractivity contribution is 6.18. The Balaban J connectivity index is 1.89. The van der Waals surface area contributed by atoms with Gasteiger partial charge in [0.1, 0.15) is 0 Å². The van der Waals surface area contributed by atoms with Gasteiger partial charge in [0.2, 0.25) is 0 Å². The van der Waals surface area contributed by atoms with Crippen LogP contribution >= 0.6 is 11.6 Å². The molecule has 0 atom stereocenters. The predicted octanol–water partition coefficient (Wildman–Crippen LogP) is 3.60. The SMILES string of the molecule is ClCC1(CC2CCCC2)CCOCC1. The zero-order chi connectivity index (χ0) is 9.86. The Kier molecular flexibility index (Phi) is 3.73. The highest BCUT2D eigenvalue weighted by atomic mass is 35.5. The topological polar surface area (TPSA) is 9.23 Å². The number of halogens is 1. The highest BCUT2D eigenvalue weighted by Crippen LogP contribution is 2.42. The summed E-state index contributed by atoms with van der Waals surface area (Å²) in [4.78, 5) is 0. The standard InChI is InChI=1S/C12H21ClO/c13-10-12(5-7-14-8-6-12)9-11-3-1-2-4-11/h11H,1-10H2. The van der Waals surface area contributed by atoms with Crippen LogP contribution in [0.3, 0.4) is 0 Å². The highest BCUT2D eigenvalue weighted by Gasteiger charge is 2.34. The minimum absolute atomic E-state index is 0.425. The lowest BCUT2D eigenvalue weighted by molar-refractivity contribution is 0.0139. The lowest BCUT2D eigenvalue weighted by atomic mass is 9.74. The summed E-state index contributed by atoms with van der Waals surface area (Å²) in [6.07, 6.45) is 9.51. The molecule has 1 saturated carbocycles. The van der Waals surface area contributed by atoms with Crippen LogP contribution in [0.15, 0.2) is 0 Å². The third-order valence-electron chi connectivity index (χ3n) is 4.03. The number of rotatable bonds is 3. The minimum Gasteiger partial charge on any atom is -0.381 e. The van der Waals surface area contributed by atoms with Crippen molar-refractivity contribution in [1.82, 2.24) is 0 Å². The summed E-state index contributed by atoms with van der Waals surface area (Å²) in [5.74, 6) is 1.80. The first-order valence-electron chi connectivity index (χ1n) is 5.98. The molecule has 0 aromatic heterocycles. The number of hydrogen-bond donors (Lipinski definition) is 0. The van der Waals surface area contributed by atoms with Gasteiger partial charge in [0.05, 0.1) is 0 Å². The van der Waals surface area contributed by atoms with E-state index in [4.69, 9.17) is 16.3 Å². The quantitative estimate of drug-likeness (QED) is 0.655. The van der Waals surface area contributed by atoms with E-state index in [1.165, 1.54) is 44.9 Å². The second kappa shape index (κ2) is 4.85. The molecule has 2 fully saturated rings. The molecule has 82 valence electrons. The van der Waals surface area contributed by atoms with E-state index in [9.17, 15) is 0 Å². The number of hydrogen-bond acceptors (Lipinski definition) is 1. The van der Waals surface area contributed by atoms with Crippen LogP contribution in [-0.2, 0) is 4.74 Å². The molecule has 1 aliphatic carbocycles. The van der Waals surface area contributed by atoms with Crippen LogP contribution in [0.5, 0.6) is 0 Å². The Labute approximate surface area is 92.2 Å². The van der Waals surface area contributed by atoms with Gasteiger partial charge >= 0.3 is 0 Å². The molecule has 0 aromatic rings. The van der Waals surface area contributed by atoms with Gasteiger partial charge in [0.25, 0.3) is 0 Å². The third-order valence-corrected chi connectivity index (χ3v) is 4.60. The van der Waals surface area contributed by atoms with Crippen molar-refractivity contribution in [2.24, 2.45) is 11.3 Å². The fourth-order valence-corrected chi connectivity index (χ4v) is 3.40. The summed E-state index contributed by atoms with van der Waals surface area (Å²) in [6, 6.07) is 0. The lowest BCUT2D eigenvalue weighted by Crippen LogP contribution is -2.33. The molecule has 1 nitrogen and oxygen atoms in total. The van der Waals surface area contributed by atoms with Crippen molar-refractivity contribution in [3.8, 4) is 0 Å². The molecule has 0 aromatic carbocycles. The van der Waals surface area contributed by atoms with E-state index in [0.717, 1.165) is 25.0 Å². The van der Waals surface area contributed by atoms with Crippen LogP contribution in [-0.4, -0.2) is 19.1 Å². The van der Waals surface area contributed by atoms with E-state index in [2.05, 4.69) is 0 Å². The molecule has 0 N–H and O–H groups in total. The molecule has 14 heavy (non-hydrogen) atoms. The normalized spacial score (nSPS) is 28.1. The van der Waals surface area contributed by atoms with Gasteiger partial charge in [-0.05, 0) is 30.6 Å². The fourth-order valence-electron chi connectivity index (χ4n) is 3.02. The largest absolute Gasteiger partial charge is 0.381 e. The Bertz CT molecular complexity index is 169. The molecule has 0 bridgehead atoms. The van der Waals surface area contributed by atoms with Gasteiger partial charge in [-0.15, -0.1) is 11.6 Å².